The predicted octanol–water partition coefficient (Wildman–Crippen LogP) is 2.99. The Morgan fingerprint density at radius 2 is 1.57 bits per heavy atom. The minimum absolute atomic E-state index is 0.387. The first-order valence-corrected chi connectivity index (χ1v) is 12.3. The Bertz CT molecular complexity index is 1070. The Labute approximate surface area is 182 Å². The molecule has 1 aromatic heterocycles. The fourth-order valence-corrected chi connectivity index (χ4v) is 6.11. The van der Waals surface area contributed by atoms with Crippen molar-refractivity contribution in [2.45, 2.75) is 39.2 Å². The van der Waals surface area contributed by atoms with Crippen LogP contribution in [0.4, 0.5) is 0 Å². The molecule has 2 saturated heterocycles. The van der Waals surface area contributed by atoms with E-state index in [9.17, 15) is 13.2 Å². The third-order valence-corrected chi connectivity index (χ3v) is 8.49. The Kier molecular flexibility index (Phi) is 6.50. The summed E-state index contributed by atoms with van der Waals surface area (Å²) in [5.41, 5.74) is 1.85. The lowest BCUT2D eigenvalue weighted by atomic mass is 10.1. The first-order chi connectivity index (χ1) is 14.3. The van der Waals surface area contributed by atoms with Gasteiger partial charge in [0.1, 0.15) is 5.58 Å². The second-order valence-electron chi connectivity index (χ2n) is 8.18. The van der Waals surface area contributed by atoms with Crippen molar-refractivity contribution >= 4 is 32.8 Å². The van der Waals surface area contributed by atoms with Crippen LogP contribution >= 0.6 is 11.6 Å². The summed E-state index contributed by atoms with van der Waals surface area (Å²) in [6, 6.07) is 5.13. The predicted molar refractivity (Wildman–Crippen MR) is 118 cm³/mol. The molecule has 2 aliphatic heterocycles. The number of hydrogen-bond donors (Lipinski definition) is 0. The Morgan fingerprint density at radius 1 is 0.933 bits per heavy atom. The molecule has 164 valence electrons. The topological polar surface area (TPSA) is 74.1 Å². The van der Waals surface area contributed by atoms with Crippen molar-refractivity contribution in [3.8, 4) is 0 Å². The first kappa shape index (κ1) is 21.8. The highest BCUT2D eigenvalue weighted by Crippen LogP contribution is 2.26. The highest BCUT2D eigenvalue weighted by atomic mass is 35.5. The third kappa shape index (κ3) is 4.57. The number of halogens is 1. The molecule has 0 saturated carbocycles. The molecule has 2 aromatic rings. The number of aryl methyl sites for hydroxylation is 1. The van der Waals surface area contributed by atoms with Crippen LogP contribution in [0.1, 0.15) is 36.8 Å². The summed E-state index contributed by atoms with van der Waals surface area (Å²) in [7, 11) is -3.40. The molecular weight excluding hydrogens is 426 g/mol. The van der Waals surface area contributed by atoms with Crippen LogP contribution in [-0.4, -0.2) is 61.2 Å². The standard InChI is InChI=1S/C21H28ClN3O4S/c1-16-12-20-18(14-19(16)22)17(13-21(26)29-20)15-23-8-10-25(11-9-23)30(27,28)24-6-4-2-3-5-7-24/h12-14H,2-11,15H2,1H3. The largest absolute Gasteiger partial charge is 0.423 e. The summed E-state index contributed by atoms with van der Waals surface area (Å²) in [4.78, 5) is 14.2. The molecule has 2 aliphatic rings. The van der Waals surface area contributed by atoms with Crippen molar-refractivity contribution in [2.75, 3.05) is 39.3 Å². The van der Waals surface area contributed by atoms with Crippen molar-refractivity contribution in [3.05, 3.63) is 44.8 Å². The maximum absolute atomic E-state index is 13.0. The summed E-state index contributed by atoms with van der Waals surface area (Å²) in [6.07, 6.45) is 4.07. The molecule has 4 rings (SSSR count). The Balaban J connectivity index is 1.46. The zero-order valence-corrected chi connectivity index (χ0v) is 18.8. The van der Waals surface area contributed by atoms with Gasteiger partial charge in [-0.25, -0.2) is 4.79 Å². The molecule has 2 fully saturated rings. The molecule has 1 aromatic carbocycles. The molecule has 0 amide bonds. The Morgan fingerprint density at radius 3 is 2.23 bits per heavy atom. The van der Waals surface area contributed by atoms with Gasteiger partial charge in [0.25, 0.3) is 10.2 Å². The van der Waals surface area contributed by atoms with Crippen molar-refractivity contribution in [3.63, 3.8) is 0 Å². The van der Waals surface area contributed by atoms with Gasteiger partial charge in [0.05, 0.1) is 0 Å². The van der Waals surface area contributed by atoms with Gasteiger partial charge in [-0.1, -0.05) is 24.4 Å². The van der Waals surface area contributed by atoms with Crippen LogP contribution < -0.4 is 5.63 Å². The van der Waals surface area contributed by atoms with Gasteiger partial charge in [0, 0.05) is 62.3 Å². The summed E-state index contributed by atoms with van der Waals surface area (Å²) in [5.74, 6) is 0. The van der Waals surface area contributed by atoms with Crippen LogP contribution in [0, 0.1) is 6.92 Å². The van der Waals surface area contributed by atoms with Gasteiger partial charge in [-0.2, -0.15) is 17.0 Å². The van der Waals surface area contributed by atoms with Crippen molar-refractivity contribution in [1.82, 2.24) is 13.5 Å². The summed E-state index contributed by atoms with van der Waals surface area (Å²) in [6.45, 7) is 5.82. The number of nitrogens with zero attached hydrogens (tertiary/aromatic N) is 3. The number of fused-ring (bicyclic) bond motifs is 1. The molecular formula is C21H28ClN3O4S. The molecule has 9 heteroatoms. The highest BCUT2D eigenvalue weighted by Gasteiger charge is 2.32. The minimum atomic E-state index is -3.40. The van der Waals surface area contributed by atoms with E-state index in [0.717, 1.165) is 42.2 Å². The third-order valence-electron chi connectivity index (χ3n) is 6.05. The SMILES string of the molecule is Cc1cc2oc(=O)cc(CN3CCN(S(=O)(=O)N4CCCCCC4)CC3)c2cc1Cl. The van der Waals surface area contributed by atoms with Crippen LogP contribution in [0.25, 0.3) is 11.0 Å². The van der Waals surface area contributed by atoms with Crippen molar-refractivity contribution in [2.24, 2.45) is 0 Å². The molecule has 0 aliphatic carbocycles. The van der Waals surface area contributed by atoms with Gasteiger partial charge < -0.3 is 4.42 Å². The molecule has 3 heterocycles. The molecule has 0 atom stereocenters. The highest BCUT2D eigenvalue weighted by molar-refractivity contribution is 7.86. The molecule has 0 unspecified atom stereocenters. The van der Waals surface area contributed by atoms with E-state index in [1.165, 1.54) is 6.07 Å². The maximum Gasteiger partial charge on any atom is 0.336 e. The quantitative estimate of drug-likeness (QED) is 0.665. The van der Waals surface area contributed by atoms with E-state index in [1.54, 1.807) is 14.7 Å². The lowest BCUT2D eigenvalue weighted by Crippen LogP contribution is -2.52. The van der Waals surface area contributed by atoms with Crippen LogP contribution in [0.5, 0.6) is 0 Å². The van der Waals surface area contributed by atoms with E-state index in [1.807, 2.05) is 13.0 Å². The van der Waals surface area contributed by atoms with Gasteiger partial charge in [-0.3, -0.25) is 4.90 Å². The molecule has 0 bridgehead atoms. The van der Waals surface area contributed by atoms with Gasteiger partial charge in [0.2, 0.25) is 0 Å². The van der Waals surface area contributed by atoms with Crippen LogP contribution in [-0.2, 0) is 16.8 Å². The lowest BCUT2D eigenvalue weighted by molar-refractivity contribution is 0.175. The van der Waals surface area contributed by atoms with E-state index in [0.29, 0.717) is 56.4 Å². The first-order valence-electron chi connectivity index (χ1n) is 10.5. The fraction of sp³-hybridized carbons (Fsp3) is 0.571. The lowest BCUT2D eigenvalue weighted by Gasteiger charge is -2.36. The van der Waals surface area contributed by atoms with E-state index in [-0.39, 0.29) is 5.63 Å². The smallest absolute Gasteiger partial charge is 0.336 e. The zero-order chi connectivity index (χ0) is 21.3. The Hall–Kier alpha value is -1.45. The van der Waals surface area contributed by atoms with E-state index in [2.05, 4.69) is 4.90 Å². The average molecular weight is 454 g/mol. The average Bonchev–Trinajstić information content (AvgIpc) is 3.00. The second-order valence-corrected chi connectivity index (χ2v) is 10.5. The maximum atomic E-state index is 13.0. The van der Waals surface area contributed by atoms with E-state index < -0.39 is 10.2 Å². The number of hydrogen-bond acceptors (Lipinski definition) is 5. The molecule has 7 nitrogen and oxygen atoms in total. The van der Waals surface area contributed by atoms with E-state index in [4.69, 9.17) is 16.0 Å². The van der Waals surface area contributed by atoms with Gasteiger partial charge in [-0.15, -0.1) is 0 Å². The fourth-order valence-electron chi connectivity index (χ4n) is 4.27. The monoisotopic (exact) mass is 453 g/mol. The summed E-state index contributed by atoms with van der Waals surface area (Å²) in [5, 5.41) is 1.45. The van der Waals surface area contributed by atoms with Crippen LogP contribution in [0.3, 0.4) is 0 Å². The minimum Gasteiger partial charge on any atom is -0.423 e. The zero-order valence-electron chi connectivity index (χ0n) is 17.3. The van der Waals surface area contributed by atoms with Gasteiger partial charge in [0.15, 0.2) is 0 Å². The molecule has 0 N–H and O–H groups in total. The van der Waals surface area contributed by atoms with Crippen LogP contribution in [0.15, 0.2) is 27.4 Å². The molecule has 0 spiro atoms. The van der Waals surface area contributed by atoms with E-state index >= 15 is 0 Å². The van der Waals surface area contributed by atoms with Crippen molar-refractivity contribution in [1.29, 1.82) is 0 Å². The second kappa shape index (κ2) is 8.96. The van der Waals surface area contributed by atoms with Gasteiger partial charge in [-0.05, 0) is 43.0 Å². The normalized spacial score (nSPS) is 20.5. The summed E-state index contributed by atoms with van der Waals surface area (Å²) < 4.78 is 34.6. The molecule has 30 heavy (non-hydrogen) atoms. The van der Waals surface area contributed by atoms with Gasteiger partial charge >= 0.3 is 5.63 Å². The number of piperazine rings is 1. The summed E-state index contributed by atoms with van der Waals surface area (Å²) >= 11 is 6.29. The molecule has 0 radical (unpaired) electrons. The van der Waals surface area contributed by atoms with Crippen molar-refractivity contribution < 1.29 is 12.8 Å². The van der Waals surface area contributed by atoms with Crippen LogP contribution in [0.2, 0.25) is 5.02 Å². The number of rotatable bonds is 4. The number of benzene rings is 1.